The molecule has 0 spiro atoms. The Kier molecular flexibility index (Phi) is 6.50. The molecule has 3 aliphatic rings. The van der Waals surface area contributed by atoms with E-state index in [2.05, 4.69) is 10.2 Å². The number of benzene rings is 1. The maximum absolute atomic E-state index is 12.7. The van der Waals surface area contributed by atoms with Crippen molar-refractivity contribution in [3.8, 4) is 5.75 Å². The molecule has 6 nitrogen and oxygen atoms in total. The molecule has 0 saturated carbocycles. The van der Waals surface area contributed by atoms with Gasteiger partial charge in [-0.05, 0) is 43.7 Å². The Hall–Kier alpha value is -1.63. The number of piperazine rings is 1. The number of piperidine rings is 1. The van der Waals surface area contributed by atoms with E-state index >= 15 is 0 Å². The second-order valence-electron chi connectivity index (χ2n) is 8.64. The molecule has 3 heterocycles. The van der Waals surface area contributed by atoms with Crippen molar-refractivity contribution in [3.63, 3.8) is 0 Å². The lowest BCUT2D eigenvalue weighted by atomic mass is 9.89. The molecule has 0 aliphatic carbocycles. The highest BCUT2D eigenvalue weighted by molar-refractivity contribution is 5.76. The van der Waals surface area contributed by atoms with Crippen LogP contribution in [0.25, 0.3) is 0 Å². The van der Waals surface area contributed by atoms with Crippen molar-refractivity contribution < 1.29 is 14.6 Å². The number of aliphatic hydroxyl groups is 1. The number of aliphatic hydroxyl groups excluding tert-OH is 1. The number of ether oxygens (including phenoxy) is 1. The molecule has 3 saturated heterocycles. The lowest BCUT2D eigenvalue weighted by Crippen LogP contribution is -2.51. The number of hydrogen-bond acceptors (Lipinski definition) is 5. The van der Waals surface area contributed by atoms with Gasteiger partial charge in [0.1, 0.15) is 18.5 Å². The van der Waals surface area contributed by atoms with Gasteiger partial charge >= 0.3 is 0 Å². The maximum atomic E-state index is 12.7. The van der Waals surface area contributed by atoms with Crippen LogP contribution in [0.1, 0.15) is 32.1 Å². The summed E-state index contributed by atoms with van der Waals surface area (Å²) >= 11 is 0. The molecule has 2 bridgehead atoms. The average molecular weight is 388 g/mol. The van der Waals surface area contributed by atoms with Crippen molar-refractivity contribution in [2.75, 3.05) is 39.3 Å². The average Bonchev–Trinajstić information content (AvgIpc) is 3.06. The fourth-order valence-corrected chi connectivity index (χ4v) is 4.96. The first-order valence-corrected chi connectivity index (χ1v) is 10.8. The van der Waals surface area contributed by atoms with E-state index in [1.165, 1.54) is 12.8 Å². The van der Waals surface area contributed by atoms with Crippen LogP contribution in [-0.2, 0) is 4.79 Å². The molecule has 2 N–H and O–H groups in total. The van der Waals surface area contributed by atoms with Crippen LogP contribution in [0.5, 0.6) is 5.75 Å². The third-order valence-corrected chi connectivity index (χ3v) is 6.41. The number of fused-ring (bicyclic) bond motifs is 2. The number of carbonyl (C=O) groups is 1. The molecule has 6 heteroatoms. The summed E-state index contributed by atoms with van der Waals surface area (Å²) in [5, 5.41) is 13.9. The molecule has 0 radical (unpaired) electrons. The highest BCUT2D eigenvalue weighted by atomic mass is 16.5. The number of hydrogen-bond donors (Lipinski definition) is 2. The van der Waals surface area contributed by atoms with E-state index in [4.69, 9.17) is 4.74 Å². The molecular weight excluding hydrogens is 354 g/mol. The normalized spacial score (nSPS) is 28.9. The summed E-state index contributed by atoms with van der Waals surface area (Å²) < 4.78 is 5.63. The van der Waals surface area contributed by atoms with E-state index in [0.717, 1.165) is 44.8 Å². The number of β-amino-alcohol motifs (C(OH)–C–C–N with tert-alkyl or cyclic N) is 1. The molecule has 4 rings (SSSR count). The van der Waals surface area contributed by atoms with Crippen LogP contribution < -0.4 is 10.1 Å². The molecule has 28 heavy (non-hydrogen) atoms. The molecule has 1 aromatic carbocycles. The van der Waals surface area contributed by atoms with Gasteiger partial charge in [0.25, 0.3) is 0 Å². The third kappa shape index (κ3) is 5.25. The summed E-state index contributed by atoms with van der Waals surface area (Å²) in [7, 11) is 0. The number of nitrogens with one attached hydrogen (secondary N) is 1. The van der Waals surface area contributed by atoms with Crippen LogP contribution >= 0.6 is 0 Å². The van der Waals surface area contributed by atoms with Gasteiger partial charge in [0, 0.05) is 51.2 Å². The predicted octanol–water partition coefficient (Wildman–Crippen LogP) is 1.49. The van der Waals surface area contributed by atoms with Crippen LogP contribution in [-0.4, -0.2) is 78.3 Å². The Balaban J connectivity index is 1.14. The summed E-state index contributed by atoms with van der Waals surface area (Å²) in [6, 6.07) is 10.9. The molecule has 1 aromatic rings. The first-order chi connectivity index (χ1) is 13.7. The van der Waals surface area contributed by atoms with E-state index in [0.29, 0.717) is 43.5 Å². The quantitative estimate of drug-likeness (QED) is 0.742. The van der Waals surface area contributed by atoms with Gasteiger partial charge in [-0.15, -0.1) is 0 Å². The standard InChI is InChI=1S/C22H33N3O3/c26-20(16-28-21-4-2-1-3-5-21)15-24-8-10-25(11-9-24)22(27)14-17-12-18-6-7-19(13-17)23-18/h1-5,17-20,23,26H,6-16H2. The van der Waals surface area contributed by atoms with Gasteiger partial charge in [-0.2, -0.15) is 0 Å². The number of para-hydroxylation sites is 1. The van der Waals surface area contributed by atoms with Crippen molar-refractivity contribution in [1.29, 1.82) is 0 Å². The minimum Gasteiger partial charge on any atom is -0.491 e. The first kappa shape index (κ1) is 19.7. The molecular formula is C22H33N3O3. The molecule has 1 amide bonds. The van der Waals surface area contributed by atoms with E-state index in [1.807, 2.05) is 35.2 Å². The zero-order valence-corrected chi connectivity index (χ0v) is 16.6. The number of rotatable bonds is 7. The Labute approximate surface area is 167 Å². The molecule has 3 unspecified atom stereocenters. The largest absolute Gasteiger partial charge is 0.491 e. The smallest absolute Gasteiger partial charge is 0.222 e. The third-order valence-electron chi connectivity index (χ3n) is 6.41. The van der Waals surface area contributed by atoms with Gasteiger partial charge in [0.05, 0.1) is 0 Å². The van der Waals surface area contributed by atoms with Crippen molar-refractivity contribution in [2.24, 2.45) is 5.92 Å². The van der Waals surface area contributed by atoms with Crippen molar-refractivity contribution >= 4 is 5.91 Å². The molecule has 154 valence electrons. The van der Waals surface area contributed by atoms with E-state index < -0.39 is 6.10 Å². The fraction of sp³-hybridized carbons (Fsp3) is 0.682. The Morgan fingerprint density at radius 3 is 2.46 bits per heavy atom. The van der Waals surface area contributed by atoms with Gasteiger partial charge in [0.2, 0.25) is 5.91 Å². The van der Waals surface area contributed by atoms with Crippen LogP contribution in [0.3, 0.4) is 0 Å². The van der Waals surface area contributed by atoms with Crippen molar-refractivity contribution in [1.82, 2.24) is 15.1 Å². The molecule has 3 aliphatic heterocycles. The molecule has 3 atom stereocenters. The monoisotopic (exact) mass is 387 g/mol. The molecule has 0 aromatic heterocycles. The zero-order chi connectivity index (χ0) is 19.3. The highest BCUT2D eigenvalue weighted by Gasteiger charge is 2.35. The predicted molar refractivity (Wildman–Crippen MR) is 108 cm³/mol. The Morgan fingerprint density at radius 1 is 1.11 bits per heavy atom. The second kappa shape index (κ2) is 9.25. The lowest BCUT2D eigenvalue weighted by molar-refractivity contribution is -0.134. The van der Waals surface area contributed by atoms with Crippen molar-refractivity contribution in [3.05, 3.63) is 30.3 Å². The van der Waals surface area contributed by atoms with Gasteiger partial charge in [-0.3, -0.25) is 9.69 Å². The fourth-order valence-electron chi connectivity index (χ4n) is 4.96. The van der Waals surface area contributed by atoms with Crippen LogP contribution in [0.4, 0.5) is 0 Å². The van der Waals surface area contributed by atoms with E-state index in [1.54, 1.807) is 0 Å². The number of amides is 1. The van der Waals surface area contributed by atoms with Gasteiger partial charge in [-0.25, -0.2) is 0 Å². The number of nitrogens with zero attached hydrogens (tertiary/aromatic N) is 2. The summed E-state index contributed by atoms with van der Waals surface area (Å²) in [4.78, 5) is 17.0. The van der Waals surface area contributed by atoms with Gasteiger partial charge in [-0.1, -0.05) is 18.2 Å². The minimum absolute atomic E-state index is 0.293. The van der Waals surface area contributed by atoms with Crippen molar-refractivity contribution in [2.45, 2.75) is 50.3 Å². The second-order valence-corrected chi connectivity index (χ2v) is 8.64. The molecule has 3 fully saturated rings. The summed E-state index contributed by atoms with van der Waals surface area (Å²) in [6.07, 6.45) is 5.08. The van der Waals surface area contributed by atoms with Crippen LogP contribution in [0.2, 0.25) is 0 Å². The zero-order valence-electron chi connectivity index (χ0n) is 16.6. The Morgan fingerprint density at radius 2 is 1.79 bits per heavy atom. The lowest BCUT2D eigenvalue weighted by Gasteiger charge is -2.37. The highest BCUT2D eigenvalue weighted by Crippen LogP contribution is 2.33. The van der Waals surface area contributed by atoms with Crippen LogP contribution in [0, 0.1) is 5.92 Å². The van der Waals surface area contributed by atoms with Gasteiger partial charge in [0.15, 0.2) is 0 Å². The van der Waals surface area contributed by atoms with Crippen LogP contribution in [0.15, 0.2) is 30.3 Å². The summed E-state index contributed by atoms with van der Waals surface area (Å²) in [5.74, 6) is 1.66. The van der Waals surface area contributed by atoms with E-state index in [-0.39, 0.29) is 0 Å². The SMILES string of the molecule is O=C(CC1CC2CCC(C1)N2)N1CCN(CC(O)COc2ccccc2)CC1. The summed E-state index contributed by atoms with van der Waals surface area (Å²) in [6.45, 7) is 4.07. The minimum atomic E-state index is -0.521. The van der Waals surface area contributed by atoms with E-state index in [9.17, 15) is 9.90 Å². The maximum Gasteiger partial charge on any atom is 0.222 e. The first-order valence-electron chi connectivity index (χ1n) is 10.8. The summed E-state index contributed by atoms with van der Waals surface area (Å²) in [5.41, 5.74) is 0. The number of carbonyl (C=O) groups excluding carboxylic acids is 1. The van der Waals surface area contributed by atoms with Gasteiger partial charge < -0.3 is 20.1 Å². The topological polar surface area (TPSA) is 65.0 Å². The Bertz CT molecular complexity index is 621.